The maximum absolute atomic E-state index is 13.7. The number of fused-ring (bicyclic) bond motifs is 1. The maximum atomic E-state index is 13.7. The molecule has 4 heterocycles. The van der Waals surface area contributed by atoms with E-state index in [4.69, 9.17) is 30.3 Å². The first kappa shape index (κ1) is 34.3. The summed E-state index contributed by atoms with van der Waals surface area (Å²) < 4.78 is 23.0. The Balaban J connectivity index is 0.00000461. The number of halogens is 2. The molecule has 0 aliphatic carbocycles. The fourth-order valence-electron chi connectivity index (χ4n) is 5.22. The molecule has 3 aromatic heterocycles. The van der Waals surface area contributed by atoms with Gasteiger partial charge in [-0.05, 0) is 70.0 Å². The summed E-state index contributed by atoms with van der Waals surface area (Å²) in [5, 5.41) is 8.12. The van der Waals surface area contributed by atoms with Gasteiger partial charge in [-0.2, -0.15) is 0 Å². The number of nitrogens with one attached hydrogen (secondary N) is 1. The van der Waals surface area contributed by atoms with Gasteiger partial charge in [0.05, 0.1) is 27.9 Å². The summed E-state index contributed by atoms with van der Waals surface area (Å²) in [5.41, 5.74) is 2.01. The van der Waals surface area contributed by atoms with E-state index in [1.165, 1.54) is 18.3 Å². The Labute approximate surface area is 276 Å². The van der Waals surface area contributed by atoms with E-state index in [1.807, 2.05) is 16.7 Å². The zero-order valence-corrected chi connectivity index (χ0v) is 27.8. The molecule has 0 spiro atoms. The molecule has 11 nitrogen and oxygen atoms in total. The van der Waals surface area contributed by atoms with Crippen molar-refractivity contribution in [1.29, 1.82) is 0 Å². The van der Waals surface area contributed by atoms with E-state index in [-0.39, 0.29) is 43.1 Å². The number of likely N-dealkylation sites (tertiary alicyclic amines) is 1. The van der Waals surface area contributed by atoms with E-state index in [1.54, 1.807) is 37.3 Å². The Morgan fingerprint density at radius 2 is 1.84 bits per heavy atom. The zero-order chi connectivity index (χ0) is 31.4. The summed E-state index contributed by atoms with van der Waals surface area (Å²) in [6.45, 7) is 9.66. The SMILES string of the molecule is CCOC(=O)O[C@H](C)OC(=O)c1ccc2c(c1)cc(C(=O)NC1CCN(C(C)C)CC1)n2Cc1cc(-c2ccc(Cl)s2)on1.Cl. The summed E-state index contributed by atoms with van der Waals surface area (Å²) in [5.74, 6) is -0.311. The summed E-state index contributed by atoms with van der Waals surface area (Å²) in [6.07, 6.45) is -0.348. The summed E-state index contributed by atoms with van der Waals surface area (Å²) in [6, 6.07) is 12.8. The van der Waals surface area contributed by atoms with Crippen LogP contribution in [0.25, 0.3) is 21.5 Å². The van der Waals surface area contributed by atoms with Gasteiger partial charge in [0.25, 0.3) is 5.91 Å². The van der Waals surface area contributed by atoms with Crippen LogP contribution in [0.4, 0.5) is 4.79 Å². The molecule has 1 aliphatic rings. The van der Waals surface area contributed by atoms with Gasteiger partial charge in [-0.1, -0.05) is 16.8 Å². The van der Waals surface area contributed by atoms with Crippen molar-refractivity contribution in [2.75, 3.05) is 19.7 Å². The van der Waals surface area contributed by atoms with Crippen molar-refractivity contribution in [1.82, 2.24) is 19.9 Å². The molecule has 5 rings (SSSR count). The third kappa shape index (κ3) is 8.37. The van der Waals surface area contributed by atoms with Crippen LogP contribution in [0.15, 0.2) is 47.0 Å². The predicted octanol–water partition coefficient (Wildman–Crippen LogP) is 6.76. The van der Waals surface area contributed by atoms with Crippen LogP contribution in [0.1, 0.15) is 67.1 Å². The Morgan fingerprint density at radius 1 is 1.09 bits per heavy atom. The van der Waals surface area contributed by atoms with Crippen molar-refractivity contribution < 1.29 is 33.1 Å². The molecule has 242 valence electrons. The van der Waals surface area contributed by atoms with Crippen LogP contribution >= 0.6 is 35.3 Å². The predicted molar refractivity (Wildman–Crippen MR) is 173 cm³/mol. The average molecular weight is 680 g/mol. The van der Waals surface area contributed by atoms with Gasteiger partial charge in [0.15, 0.2) is 5.76 Å². The van der Waals surface area contributed by atoms with Crippen LogP contribution in [0.5, 0.6) is 0 Å². The van der Waals surface area contributed by atoms with Gasteiger partial charge >= 0.3 is 12.1 Å². The second-order valence-electron chi connectivity index (χ2n) is 10.8. The van der Waals surface area contributed by atoms with E-state index < -0.39 is 18.4 Å². The maximum Gasteiger partial charge on any atom is 0.511 e. The molecule has 0 unspecified atom stereocenters. The van der Waals surface area contributed by atoms with Gasteiger partial charge in [0, 0.05) is 49.1 Å². The summed E-state index contributed by atoms with van der Waals surface area (Å²) in [4.78, 5) is 41.4. The highest BCUT2D eigenvalue weighted by molar-refractivity contribution is 7.19. The number of piperidine rings is 1. The molecule has 1 atom stereocenters. The number of amides is 1. The highest BCUT2D eigenvalue weighted by Gasteiger charge is 2.25. The molecule has 0 radical (unpaired) electrons. The van der Waals surface area contributed by atoms with E-state index >= 15 is 0 Å². The first-order chi connectivity index (χ1) is 21.1. The number of ether oxygens (including phenoxy) is 3. The lowest BCUT2D eigenvalue weighted by molar-refractivity contribution is -0.0811. The number of benzene rings is 1. The second-order valence-corrected chi connectivity index (χ2v) is 12.5. The number of nitrogens with zero attached hydrogens (tertiary/aromatic N) is 3. The van der Waals surface area contributed by atoms with Crippen LogP contribution in [-0.2, 0) is 20.8 Å². The van der Waals surface area contributed by atoms with Crippen LogP contribution in [-0.4, -0.2) is 70.7 Å². The quantitative estimate of drug-likeness (QED) is 0.143. The van der Waals surface area contributed by atoms with Crippen LogP contribution in [0.2, 0.25) is 4.34 Å². The van der Waals surface area contributed by atoms with E-state index in [2.05, 4.69) is 29.2 Å². The number of carbonyl (C=O) groups is 3. The Morgan fingerprint density at radius 3 is 2.51 bits per heavy atom. The van der Waals surface area contributed by atoms with Crippen molar-refractivity contribution in [2.45, 2.75) is 65.5 Å². The number of esters is 1. The monoisotopic (exact) mass is 678 g/mol. The number of rotatable bonds is 10. The van der Waals surface area contributed by atoms with E-state index in [0.29, 0.717) is 32.9 Å². The molecule has 1 aliphatic heterocycles. The summed E-state index contributed by atoms with van der Waals surface area (Å²) in [7, 11) is 0. The minimum absolute atomic E-state index is 0. The minimum atomic E-state index is -1.15. The lowest BCUT2D eigenvalue weighted by Gasteiger charge is -2.34. The Bertz CT molecular complexity index is 1640. The summed E-state index contributed by atoms with van der Waals surface area (Å²) >= 11 is 7.49. The van der Waals surface area contributed by atoms with Gasteiger partial charge in [0.1, 0.15) is 11.4 Å². The van der Waals surface area contributed by atoms with Crippen LogP contribution < -0.4 is 5.32 Å². The standard InChI is InChI=1S/C31H35ClN4O7S.ClH/c1-5-40-31(39)42-19(4)41-30(38)20-6-7-24-21(14-20)15-25(29(37)33-22-10-12-35(13-11-22)18(2)3)36(24)17-23-16-26(43-34-23)27-8-9-28(32)44-27;/h6-9,14-16,18-19,22H,5,10-13,17H2,1-4H3,(H,33,37);1H/t19-;/m1./s1. The number of hydrogen-bond donors (Lipinski definition) is 1. The van der Waals surface area contributed by atoms with Gasteiger partial charge in [-0.25, -0.2) is 9.59 Å². The first-order valence-corrected chi connectivity index (χ1v) is 15.7. The van der Waals surface area contributed by atoms with Gasteiger partial charge in [-0.3, -0.25) is 4.79 Å². The molecule has 1 N–H and O–H groups in total. The van der Waals surface area contributed by atoms with E-state index in [9.17, 15) is 14.4 Å². The van der Waals surface area contributed by atoms with Gasteiger partial charge < -0.3 is 33.5 Å². The highest BCUT2D eigenvalue weighted by Crippen LogP contribution is 2.32. The lowest BCUT2D eigenvalue weighted by Crippen LogP contribution is -2.46. The number of aromatic nitrogens is 2. The fourth-order valence-corrected chi connectivity index (χ4v) is 6.21. The van der Waals surface area contributed by atoms with Crippen molar-refractivity contribution in [2.24, 2.45) is 0 Å². The van der Waals surface area contributed by atoms with Crippen LogP contribution in [0, 0.1) is 0 Å². The van der Waals surface area contributed by atoms with Crippen molar-refractivity contribution in [3.63, 3.8) is 0 Å². The number of hydrogen-bond acceptors (Lipinski definition) is 10. The molecule has 4 aromatic rings. The number of carbonyl (C=O) groups excluding carboxylic acids is 3. The second kappa shape index (κ2) is 15.1. The van der Waals surface area contributed by atoms with E-state index in [0.717, 1.165) is 36.3 Å². The van der Waals surface area contributed by atoms with Crippen molar-refractivity contribution in [3.05, 3.63) is 63.8 Å². The Hall–Kier alpha value is -3.58. The number of thiophene rings is 1. The van der Waals surface area contributed by atoms with Gasteiger partial charge in [0.2, 0.25) is 6.29 Å². The fraction of sp³-hybridized carbons (Fsp3) is 0.419. The molecular weight excluding hydrogens is 643 g/mol. The molecule has 1 fully saturated rings. The highest BCUT2D eigenvalue weighted by atomic mass is 35.5. The molecular formula is C31H36Cl2N4O7S. The molecule has 1 saturated heterocycles. The van der Waals surface area contributed by atoms with Crippen molar-refractivity contribution >= 4 is 64.3 Å². The normalized spacial score (nSPS) is 14.6. The van der Waals surface area contributed by atoms with Gasteiger partial charge in [-0.15, -0.1) is 23.7 Å². The molecule has 45 heavy (non-hydrogen) atoms. The zero-order valence-electron chi connectivity index (χ0n) is 25.4. The van der Waals surface area contributed by atoms with Crippen LogP contribution in [0.3, 0.4) is 0 Å². The first-order valence-electron chi connectivity index (χ1n) is 14.5. The third-order valence-corrected chi connectivity index (χ3v) is 8.70. The largest absolute Gasteiger partial charge is 0.511 e. The molecule has 14 heteroatoms. The smallest absolute Gasteiger partial charge is 0.435 e. The Kier molecular flexibility index (Phi) is 11.5. The molecule has 1 aromatic carbocycles. The third-order valence-electron chi connectivity index (χ3n) is 7.46. The molecule has 1 amide bonds. The molecule has 0 saturated carbocycles. The topological polar surface area (TPSA) is 125 Å². The minimum Gasteiger partial charge on any atom is -0.435 e. The lowest BCUT2D eigenvalue weighted by atomic mass is 10.0. The average Bonchev–Trinajstić information content (AvgIpc) is 3.72. The van der Waals surface area contributed by atoms with Crippen molar-refractivity contribution in [3.8, 4) is 10.6 Å². The molecule has 0 bridgehead atoms.